The molecular weight excluding hydrogens is 541 g/mol. The van der Waals surface area contributed by atoms with Crippen molar-refractivity contribution < 1.29 is 0 Å². The summed E-state index contributed by atoms with van der Waals surface area (Å²) >= 11 is 1.77. The second kappa shape index (κ2) is 10.8. The average molecular weight is 567 g/mol. The third-order valence-corrected chi connectivity index (χ3v) is 9.08. The molecule has 2 aromatic heterocycles. The fourth-order valence-corrected chi connectivity index (χ4v) is 6.82. The number of rotatable bonds is 5. The SMILES string of the molecule is c1ccc(-c2ccccc2-c2nc(-c3ccc(-c4cccc5ccccc45)cc3)cc(-c3cc4ccccc4s3)n2)cc1. The van der Waals surface area contributed by atoms with Gasteiger partial charge in [0, 0.05) is 15.8 Å². The maximum absolute atomic E-state index is 5.19. The summed E-state index contributed by atoms with van der Waals surface area (Å²) in [7, 11) is 0. The number of benzene rings is 6. The molecular formula is C40H26N2S. The van der Waals surface area contributed by atoms with Crippen molar-refractivity contribution in [2.75, 3.05) is 0 Å². The van der Waals surface area contributed by atoms with Crippen LogP contribution in [-0.4, -0.2) is 9.97 Å². The van der Waals surface area contributed by atoms with Crippen molar-refractivity contribution in [1.82, 2.24) is 9.97 Å². The summed E-state index contributed by atoms with van der Waals surface area (Å²) in [6.45, 7) is 0. The molecule has 0 fully saturated rings. The highest BCUT2D eigenvalue weighted by Crippen LogP contribution is 2.38. The van der Waals surface area contributed by atoms with Gasteiger partial charge in [0.2, 0.25) is 0 Å². The second-order valence-electron chi connectivity index (χ2n) is 10.6. The Morgan fingerprint density at radius 3 is 1.84 bits per heavy atom. The highest BCUT2D eigenvalue weighted by atomic mass is 32.1. The Labute approximate surface area is 254 Å². The quantitative estimate of drug-likeness (QED) is 0.207. The first-order valence-electron chi connectivity index (χ1n) is 14.4. The van der Waals surface area contributed by atoms with E-state index in [1.165, 1.54) is 32.0 Å². The molecule has 0 aliphatic rings. The minimum Gasteiger partial charge on any atom is -0.228 e. The van der Waals surface area contributed by atoms with E-state index in [0.717, 1.165) is 44.3 Å². The van der Waals surface area contributed by atoms with Gasteiger partial charge < -0.3 is 0 Å². The zero-order chi connectivity index (χ0) is 28.6. The van der Waals surface area contributed by atoms with Crippen LogP contribution in [0.5, 0.6) is 0 Å². The topological polar surface area (TPSA) is 25.8 Å². The predicted octanol–water partition coefficient (Wildman–Crippen LogP) is 11.2. The molecule has 2 heterocycles. The van der Waals surface area contributed by atoms with Gasteiger partial charge in [0.25, 0.3) is 0 Å². The molecule has 0 radical (unpaired) electrons. The molecule has 0 N–H and O–H groups in total. The first-order valence-corrected chi connectivity index (χ1v) is 15.2. The van der Waals surface area contributed by atoms with Crippen molar-refractivity contribution in [3.8, 4) is 55.5 Å². The largest absolute Gasteiger partial charge is 0.228 e. The number of hydrogen-bond acceptors (Lipinski definition) is 3. The summed E-state index contributed by atoms with van der Waals surface area (Å²) in [4.78, 5) is 11.5. The van der Waals surface area contributed by atoms with E-state index in [-0.39, 0.29) is 0 Å². The van der Waals surface area contributed by atoms with Crippen molar-refractivity contribution in [1.29, 1.82) is 0 Å². The maximum Gasteiger partial charge on any atom is 0.161 e. The number of thiophene rings is 1. The predicted molar refractivity (Wildman–Crippen MR) is 182 cm³/mol. The van der Waals surface area contributed by atoms with Crippen molar-refractivity contribution in [2.45, 2.75) is 0 Å². The van der Waals surface area contributed by atoms with E-state index in [4.69, 9.17) is 9.97 Å². The Kier molecular flexibility index (Phi) is 6.36. The maximum atomic E-state index is 5.19. The third kappa shape index (κ3) is 4.80. The fourth-order valence-electron chi connectivity index (χ4n) is 5.80. The highest BCUT2D eigenvalue weighted by molar-refractivity contribution is 7.22. The Hall–Kier alpha value is -5.38. The summed E-state index contributed by atoms with van der Waals surface area (Å²) in [5.41, 5.74) is 8.61. The number of nitrogens with zero attached hydrogens (tertiary/aromatic N) is 2. The second-order valence-corrected chi connectivity index (χ2v) is 11.7. The standard InChI is InChI=1S/C40H26N2S/c1-2-11-27(12-3-1)34-17-7-8-18-35(34)40-41-36(26-37(42-40)39-25-31-14-5-9-20-38(31)43-39)30-23-21-29(22-24-30)33-19-10-15-28-13-4-6-16-32(28)33/h1-26H. The van der Waals surface area contributed by atoms with Gasteiger partial charge in [0.05, 0.1) is 16.3 Å². The molecule has 0 unspecified atom stereocenters. The van der Waals surface area contributed by atoms with Gasteiger partial charge in [-0.05, 0) is 56.6 Å². The molecule has 0 saturated heterocycles. The molecule has 0 atom stereocenters. The molecule has 0 aliphatic heterocycles. The first kappa shape index (κ1) is 25.3. The molecule has 3 heteroatoms. The van der Waals surface area contributed by atoms with Crippen LogP contribution in [0, 0.1) is 0 Å². The Morgan fingerprint density at radius 1 is 0.395 bits per heavy atom. The smallest absolute Gasteiger partial charge is 0.161 e. The minimum absolute atomic E-state index is 0.725. The molecule has 8 aromatic rings. The van der Waals surface area contributed by atoms with Crippen molar-refractivity contribution >= 4 is 32.2 Å². The van der Waals surface area contributed by atoms with E-state index in [9.17, 15) is 0 Å². The van der Waals surface area contributed by atoms with Crippen LogP contribution in [0.4, 0.5) is 0 Å². The van der Waals surface area contributed by atoms with Crippen LogP contribution in [-0.2, 0) is 0 Å². The molecule has 0 spiro atoms. The molecule has 6 aromatic carbocycles. The number of hydrogen-bond donors (Lipinski definition) is 0. The van der Waals surface area contributed by atoms with Crippen molar-refractivity contribution in [3.63, 3.8) is 0 Å². The van der Waals surface area contributed by atoms with E-state index in [0.29, 0.717) is 0 Å². The lowest BCUT2D eigenvalue weighted by molar-refractivity contribution is 1.19. The Balaban J connectivity index is 1.28. The fraction of sp³-hybridized carbons (Fsp3) is 0. The van der Waals surface area contributed by atoms with E-state index in [1.54, 1.807) is 11.3 Å². The average Bonchev–Trinajstić information content (AvgIpc) is 3.53. The highest BCUT2D eigenvalue weighted by Gasteiger charge is 2.16. The van der Waals surface area contributed by atoms with Gasteiger partial charge in [0.1, 0.15) is 0 Å². The summed E-state index contributed by atoms with van der Waals surface area (Å²) in [6.07, 6.45) is 0. The lowest BCUT2D eigenvalue weighted by atomic mass is 9.97. The normalized spacial score (nSPS) is 11.3. The summed E-state index contributed by atoms with van der Waals surface area (Å²) < 4.78 is 1.25. The summed E-state index contributed by atoms with van der Waals surface area (Å²) in [5, 5.41) is 3.73. The molecule has 0 bridgehead atoms. The molecule has 43 heavy (non-hydrogen) atoms. The van der Waals surface area contributed by atoms with Gasteiger partial charge in [-0.25, -0.2) is 9.97 Å². The third-order valence-electron chi connectivity index (χ3n) is 7.94. The van der Waals surface area contributed by atoms with Crippen LogP contribution in [0.2, 0.25) is 0 Å². The van der Waals surface area contributed by atoms with E-state index >= 15 is 0 Å². The van der Waals surface area contributed by atoms with Crippen LogP contribution < -0.4 is 0 Å². The van der Waals surface area contributed by atoms with Crippen LogP contribution >= 0.6 is 11.3 Å². The van der Waals surface area contributed by atoms with Gasteiger partial charge in [-0.2, -0.15) is 0 Å². The van der Waals surface area contributed by atoms with Crippen molar-refractivity contribution in [3.05, 3.63) is 158 Å². The van der Waals surface area contributed by atoms with Crippen LogP contribution in [0.3, 0.4) is 0 Å². The Bertz CT molecular complexity index is 2190. The molecule has 2 nitrogen and oxygen atoms in total. The molecule has 8 rings (SSSR count). The zero-order valence-electron chi connectivity index (χ0n) is 23.3. The molecule has 0 aliphatic carbocycles. The number of aromatic nitrogens is 2. The Morgan fingerprint density at radius 2 is 1.00 bits per heavy atom. The zero-order valence-corrected chi connectivity index (χ0v) is 24.1. The lowest BCUT2D eigenvalue weighted by Gasteiger charge is -2.12. The van der Waals surface area contributed by atoms with Crippen LogP contribution in [0.1, 0.15) is 0 Å². The van der Waals surface area contributed by atoms with E-state index < -0.39 is 0 Å². The lowest BCUT2D eigenvalue weighted by Crippen LogP contribution is -1.97. The first-order chi connectivity index (χ1) is 21.3. The minimum atomic E-state index is 0.725. The van der Waals surface area contributed by atoms with Gasteiger partial charge >= 0.3 is 0 Å². The van der Waals surface area contributed by atoms with Crippen LogP contribution in [0.25, 0.3) is 76.3 Å². The van der Waals surface area contributed by atoms with Gasteiger partial charge in [-0.1, -0.05) is 140 Å². The van der Waals surface area contributed by atoms with Gasteiger partial charge in [-0.3, -0.25) is 0 Å². The van der Waals surface area contributed by atoms with E-state index in [1.807, 2.05) is 6.07 Å². The molecule has 0 saturated carbocycles. The summed E-state index contributed by atoms with van der Waals surface area (Å²) in [5.74, 6) is 0.725. The van der Waals surface area contributed by atoms with Gasteiger partial charge in [-0.15, -0.1) is 11.3 Å². The molecule has 202 valence electrons. The number of fused-ring (bicyclic) bond motifs is 2. The molecule has 0 amide bonds. The van der Waals surface area contributed by atoms with E-state index in [2.05, 4.69) is 152 Å². The monoisotopic (exact) mass is 566 g/mol. The van der Waals surface area contributed by atoms with Gasteiger partial charge in [0.15, 0.2) is 5.82 Å². The van der Waals surface area contributed by atoms with Crippen LogP contribution in [0.15, 0.2) is 158 Å². The summed E-state index contributed by atoms with van der Waals surface area (Å²) in [6, 6.07) is 55.6. The van der Waals surface area contributed by atoms with Crippen molar-refractivity contribution in [2.24, 2.45) is 0 Å².